The summed E-state index contributed by atoms with van der Waals surface area (Å²) in [4.78, 5) is 20.9. The lowest BCUT2D eigenvalue weighted by Crippen LogP contribution is -2.43. The van der Waals surface area contributed by atoms with Crippen LogP contribution in [0.5, 0.6) is 0 Å². The molecule has 0 bridgehead atoms. The molecule has 1 amide bonds. The number of hydrogen-bond donors (Lipinski definition) is 2. The second-order valence-corrected chi connectivity index (χ2v) is 6.55. The first-order valence-electron chi connectivity index (χ1n) is 8.50. The highest BCUT2D eigenvalue weighted by Crippen LogP contribution is 2.31. The molecule has 1 fully saturated rings. The van der Waals surface area contributed by atoms with Crippen LogP contribution in [0.2, 0.25) is 0 Å². The van der Waals surface area contributed by atoms with E-state index < -0.39 is 6.10 Å². The molecule has 1 aromatic carbocycles. The number of para-hydroxylation sites is 2. The van der Waals surface area contributed by atoms with Gasteiger partial charge in [-0.25, -0.2) is 9.97 Å². The number of amides is 1. The molecule has 1 aliphatic rings. The maximum atomic E-state index is 12.4. The summed E-state index contributed by atoms with van der Waals surface area (Å²) in [6.07, 6.45) is 6.24. The fraction of sp³-hybridized carbons (Fsp3) is 0.389. The summed E-state index contributed by atoms with van der Waals surface area (Å²) < 4.78 is 3.81. The SMILES string of the molecule is Cc1nccn1[C@@H]1CC[C@@H](NC(=O)Cn2cnc3ccccc32)[C@H]1O. The van der Waals surface area contributed by atoms with Crippen LogP contribution in [0.4, 0.5) is 0 Å². The van der Waals surface area contributed by atoms with Gasteiger partial charge in [0, 0.05) is 12.4 Å². The van der Waals surface area contributed by atoms with Gasteiger partial charge in [0.15, 0.2) is 0 Å². The molecular weight excluding hydrogens is 318 g/mol. The highest BCUT2D eigenvalue weighted by Gasteiger charge is 2.37. The molecule has 0 spiro atoms. The minimum absolute atomic E-state index is 0.0399. The molecule has 4 rings (SSSR count). The number of aliphatic hydroxyl groups excluding tert-OH is 1. The zero-order chi connectivity index (χ0) is 17.4. The van der Waals surface area contributed by atoms with Crippen LogP contribution in [0.25, 0.3) is 11.0 Å². The van der Waals surface area contributed by atoms with Gasteiger partial charge in [0.05, 0.1) is 35.5 Å². The van der Waals surface area contributed by atoms with Crippen LogP contribution in [0.3, 0.4) is 0 Å². The highest BCUT2D eigenvalue weighted by molar-refractivity contribution is 5.80. The number of carbonyl (C=O) groups excluding carboxylic acids is 1. The number of rotatable bonds is 4. The van der Waals surface area contributed by atoms with Gasteiger partial charge in [-0.15, -0.1) is 0 Å². The average Bonchev–Trinajstić information content (AvgIpc) is 3.29. The fourth-order valence-electron chi connectivity index (χ4n) is 3.70. The van der Waals surface area contributed by atoms with Crippen LogP contribution < -0.4 is 5.32 Å². The summed E-state index contributed by atoms with van der Waals surface area (Å²) >= 11 is 0. The Morgan fingerprint density at radius 3 is 2.96 bits per heavy atom. The van der Waals surface area contributed by atoms with Gasteiger partial charge in [-0.1, -0.05) is 12.1 Å². The van der Waals surface area contributed by atoms with Crippen molar-refractivity contribution < 1.29 is 9.90 Å². The molecule has 0 radical (unpaired) electrons. The molecule has 1 saturated carbocycles. The number of nitrogens with zero attached hydrogens (tertiary/aromatic N) is 4. The van der Waals surface area contributed by atoms with Crippen molar-refractivity contribution in [3.8, 4) is 0 Å². The topological polar surface area (TPSA) is 85.0 Å². The second-order valence-electron chi connectivity index (χ2n) is 6.55. The van der Waals surface area contributed by atoms with Crippen LogP contribution in [0.15, 0.2) is 43.0 Å². The lowest BCUT2D eigenvalue weighted by atomic mass is 10.1. The monoisotopic (exact) mass is 339 g/mol. The van der Waals surface area contributed by atoms with E-state index in [0.29, 0.717) is 0 Å². The quantitative estimate of drug-likeness (QED) is 0.753. The summed E-state index contributed by atoms with van der Waals surface area (Å²) in [5.41, 5.74) is 1.79. The van der Waals surface area contributed by atoms with Crippen molar-refractivity contribution >= 4 is 16.9 Å². The van der Waals surface area contributed by atoms with E-state index in [2.05, 4.69) is 15.3 Å². The van der Waals surface area contributed by atoms with E-state index in [4.69, 9.17) is 0 Å². The van der Waals surface area contributed by atoms with E-state index in [-0.39, 0.29) is 24.5 Å². The van der Waals surface area contributed by atoms with Crippen molar-refractivity contribution in [2.75, 3.05) is 0 Å². The Morgan fingerprint density at radius 2 is 2.16 bits per heavy atom. The largest absolute Gasteiger partial charge is 0.389 e. The van der Waals surface area contributed by atoms with E-state index in [0.717, 1.165) is 29.7 Å². The number of aliphatic hydroxyl groups is 1. The Kier molecular flexibility index (Phi) is 4.01. The molecule has 7 heteroatoms. The molecular formula is C18H21N5O2. The van der Waals surface area contributed by atoms with Gasteiger partial charge in [-0.05, 0) is 31.9 Å². The number of benzene rings is 1. The predicted molar refractivity (Wildman–Crippen MR) is 92.9 cm³/mol. The molecule has 0 saturated heterocycles. The van der Waals surface area contributed by atoms with Crippen LogP contribution in [0, 0.1) is 6.92 Å². The standard InChI is InChI=1S/C18H21N5O2/c1-12-19-8-9-23(12)16-7-6-14(18(16)25)21-17(24)10-22-11-20-13-4-2-3-5-15(13)22/h2-5,8-9,11,14,16,18,25H,6-7,10H2,1H3,(H,21,24)/t14-,16-,18-/m1/s1. The van der Waals surface area contributed by atoms with Crippen molar-refractivity contribution in [1.29, 1.82) is 0 Å². The van der Waals surface area contributed by atoms with Crippen molar-refractivity contribution in [2.24, 2.45) is 0 Å². The number of fused-ring (bicyclic) bond motifs is 1. The fourth-order valence-corrected chi connectivity index (χ4v) is 3.70. The van der Waals surface area contributed by atoms with Crippen molar-refractivity contribution in [3.05, 3.63) is 48.8 Å². The number of aromatic nitrogens is 4. The second kappa shape index (κ2) is 6.33. The van der Waals surface area contributed by atoms with Crippen LogP contribution in [-0.4, -0.2) is 42.3 Å². The van der Waals surface area contributed by atoms with Crippen LogP contribution in [0.1, 0.15) is 24.7 Å². The molecule has 3 aromatic rings. The Hall–Kier alpha value is -2.67. The maximum absolute atomic E-state index is 12.4. The summed E-state index contributed by atoms with van der Waals surface area (Å²) in [5.74, 6) is 0.760. The molecule has 2 heterocycles. The van der Waals surface area contributed by atoms with E-state index >= 15 is 0 Å². The van der Waals surface area contributed by atoms with Gasteiger partial charge in [0.1, 0.15) is 12.4 Å². The number of imidazole rings is 2. The lowest BCUT2D eigenvalue weighted by Gasteiger charge is -2.22. The first-order chi connectivity index (χ1) is 12.1. The predicted octanol–water partition coefficient (Wildman–Crippen LogP) is 1.42. The van der Waals surface area contributed by atoms with Crippen LogP contribution in [-0.2, 0) is 11.3 Å². The number of hydrogen-bond acceptors (Lipinski definition) is 4. The Bertz CT molecular complexity index is 900. The van der Waals surface area contributed by atoms with E-state index in [1.807, 2.05) is 46.5 Å². The third-order valence-electron chi connectivity index (χ3n) is 4.99. The zero-order valence-electron chi connectivity index (χ0n) is 14.0. The molecule has 0 aliphatic heterocycles. The van der Waals surface area contributed by atoms with Crippen LogP contribution >= 0.6 is 0 Å². The van der Waals surface area contributed by atoms with Gasteiger partial charge in [-0.3, -0.25) is 4.79 Å². The summed E-state index contributed by atoms with van der Waals surface area (Å²) in [7, 11) is 0. The normalized spacial score (nSPS) is 23.2. The minimum atomic E-state index is -0.614. The number of aryl methyl sites for hydroxylation is 1. The smallest absolute Gasteiger partial charge is 0.240 e. The first-order valence-corrected chi connectivity index (χ1v) is 8.50. The van der Waals surface area contributed by atoms with Crippen molar-refractivity contribution in [3.63, 3.8) is 0 Å². The van der Waals surface area contributed by atoms with Gasteiger partial charge in [0.2, 0.25) is 5.91 Å². The molecule has 2 N–H and O–H groups in total. The minimum Gasteiger partial charge on any atom is -0.389 e. The van der Waals surface area contributed by atoms with E-state index in [9.17, 15) is 9.90 Å². The lowest BCUT2D eigenvalue weighted by molar-refractivity contribution is -0.123. The Morgan fingerprint density at radius 1 is 1.32 bits per heavy atom. The maximum Gasteiger partial charge on any atom is 0.240 e. The van der Waals surface area contributed by atoms with Crippen molar-refractivity contribution in [2.45, 2.75) is 44.5 Å². The highest BCUT2D eigenvalue weighted by atomic mass is 16.3. The first kappa shape index (κ1) is 15.8. The Labute approximate surface area is 145 Å². The van der Waals surface area contributed by atoms with Gasteiger partial charge in [0.25, 0.3) is 0 Å². The number of nitrogens with one attached hydrogen (secondary N) is 1. The zero-order valence-corrected chi connectivity index (χ0v) is 14.0. The molecule has 7 nitrogen and oxygen atoms in total. The molecule has 3 atom stereocenters. The summed E-state index contributed by atoms with van der Waals surface area (Å²) in [6.45, 7) is 2.11. The molecule has 25 heavy (non-hydrogen) atoms. The molecule has 1 aliphatic carbocycles. The van der Waals surface area contributed by atoms with Gasteiger partial charge in [-0.2, -0.15) is 0 Å². The van der Waals surface area contributed by atoms with Gasteiger partial charge >= 0.3 is 0 Å². The third kappa shape index (κ3) is 2.91. The molecule has 2 aromatic heterocycles. The van der Waals surface area contributed by atoms with E-state index in [1.165, 1.54) is 0 Å². The number of carbonyl (C=O) groups is 1. The summed E-state index contributed by atoms with van der Waals surface area (Å²) in [5, 5.41) is 13.6. The Balaban J connectivity index is 1.42. The van der Waals surface area contributed by atoms with E-state index in [1.54, 1.807) is 12.5 Å². The van der Waals surface area contributed by atoms with Gasteiger partial charge < -0.3 is 19.6 Å². The average molecular weight is 339 g/mol. The molecule has 0 unspecified atom stereocenters. The third-order valence-corrected chi connectivity index (χ3v) is 4.99. The van der Waals surface area contributed by atoms with Crippen molar-refractivity contribution in [1.82, 2.24) is 24.4 Å². The molecule has 130 valence electrons. The summed E-state index contributed by atoms with van der Waals surface area (Å²) in [6, 6.07) is 7.43.